The van der Waals surface area contributed by atoms with E-state index in [-0.39, 0.29) is 11.8 Å². The SMILES string of the molecule is Cc1cn[nH]c1NC(=O)[C@H](C)NC(=O)CC1CCCCC1. The van der Waals surface area contributed by atoms with Gasteiger partial charge in [0, 0.05) is 12.0 Å². The summed E-state index contributed by atoms with van der Waals surface area (Å²) in [4.78, 5) is 24.0. The van der Waals surface area contributed by atoms with Gasteiger partial charge in [0.2, 0.25) is 11.8 Å². The largest absolute Gasteiger partial charge is 0.345 e. The van der Waals surface area contributed by atoms with Gasteiger partial charge >= 0.3 is 0 Å². The molecule has 6 nitrogen and oxygen atoms in total. The molecule has 0 radical (unpaired) electrons. The molecular formula is C15H24N4O2. The van der Waals surface area contributed by atoms with Gasteiger partial charge in [-0.25, -0.2) is 0 Å². The second kappa shape index (κ2) is 7.24. The monoisotopic (exact) mass is 292 g/mol. The zero-order valence-corrected chi connectivity index (χ0v) is 12.7. The lowest BCUT2D eigenvalue weighted by Crippen LogP contribution is -2.42. The summed E-state index contributed by atoms with van der Waals surface area (Å²) in [6.45, 7) is 3.55. The average Bonchev–Trinajstić information content (AvgIpc) is 2.85. The van der Waals surface area contributed by atoms with Crippen molar-refractivity contribution in [3.05, 3.63) is 11.8 Å². The minimum Gasteiger partial charge on any atom is -0.345 e. The van der Waals surface area contributed by atoms with Gasteiger partial charge < -0.3 is 10.6 Å². The Hall–Kier alpha value is -1.85. The van der Waals surface area contributed by atoms with Crippen LogP contribution >= 0.6 is 0 Å². The van der Waals surface area contributed by atoms with Gasteiger partial charge in [0.15, 0.2) is 0 Å². The fourth-order valence-electron chi connectivity index (χ4n) is 2.72. The fourth-order valence-corrected chi connectivity index (χ4v) is 2.72. The Morgan fingerprint density at radius 2 is 2.10 bits per heavy atom. The van der Waals surface area contributed by atoms with Gasteiger partial charge in [0.25, 0.3) is 0 Å². The number of nitrogens with zero attached hydrogens (tertiary/aromatic N) is 1. The maximum absolute atomic E-state index is 12.0. The molecule has 2 amide bonds. The quantitative estimate of drug-likeness (QED) is 0.777. The van der Waals surface area contributed by atoms with Crippen LogP contribution in [-0.2, 0) is 9.59 Å². The average molecular weight is 292 g/mol. The van der Waals surface area contributed by atoms with Crippen LogP contribution in [0.1, 0.15) is 51.0 Å². The number of aromatic amines is 1. The highest BCUT2D eigenvalue weighted by Crippen LogP contribution is 2.26. The molecule has 1 aromatic rings. The second-order valence-electron chi connectivity index (χ2n) is 5.91. The lowest BCUT2D eigenvalue weighted by molar-refractivity contribution is -0.127. The summed E-state index contributed by atoms with van der Waals surface area (Å²) in [5.41, 5.74) is 0.865. The van der Waals surface area contributed by atoms with Crippen molar-refractivity contribution >= 4 is 17.6 Å². The van der Waals surface area contributed by atoms with Gasteiger partial charge in [-0.2, -0.15) is 5.10 Å². The number of anilines is 1. The molecule has 1 atom stereocenters. The van der Waals surface area contributed by atoms with Crippen LogP contribution in [-0.4, -0.2) is 28.1 Å². The summed E-state index contributed by atoms with van der Waals surface area (Å²) < 4.78 is 0. The molecule has 1 aromatic heterocycles. The molecule has 1 fully saturated rings. The van der Waals surface area contributed by atoms with Gasteiger partial charge in [0.05, 0.1) is 6.20 Å². The van der Waals surface area contributed by atoms with Gasteiger partial charge in [-0.15, -0.1) is 0 Å². The van der Waals surface area contributed by atoms with E-state index in [4.69, 9.17) is 0 Å². The van der Waals surface area contributed by atoms with Gasteiger partial charge in [-0.05, 0) is 32.6 Å². The Kier molecular flexibility index (Phi) is 5.36. The smallest absolute Gasteiger partial charge is 0.247 e. The molecule has 3 N–H and O–H groups in total. The second-order valence-corrected chi connectivity index (χ2v) is 5.91. The highest BCUT2D eigenvalue weighted by Gasteiger charge is 2.21. The molecule has 0 spiro atoms. The molecule has 0 saturated heterocycles. The van der Waals surface area contributed by atoms with E-state index < -0.39 is 6.04 Å². The first-order valence-electron chi connectivity index (χ1n) is 7.66. The number of aryl methyl sites for hydroxylation is 1. The Morgan fingerprint density at radius 1 is 1.38 bits per heavy atom. The summed E-state index contributed by atoms with van der Waals surface area (Å²) >= 11 is 0. The van der Waals surface area contributed by atoms with Gasteiger partial charge in [-0.3, -0.25) is 14.7 Å². The Morgan fingerprint density at radius 3 is 2.71 bits per heavy atom. The van der Waals surface area contributed by atoms with E-state index in [1.807, 2.05) is 6.92 Å². The maximum atomic E-state index is 12.0. The van der Waals surface area contributed by atoms with E-state index in [9.17, 15) is 9.59 Å². The van der Waals surface area contributed by atoms with E-state index in [2.05, 4.69) is 20.8 Å². The predicted octanol–water partition coefficient (Wildman–Crippen LogP) is 2.13. The minimum atomic E-state index is -0.552. The standard InChI is InChI=1S/C15H24N4O2/c1-10-9-16-19-14(10)18-15(21)11(2)17-13(20)8-12-6-4-3-5-7-12/h9,11-12H,3-8H2,1-2H3,(H,17,20)(H2,16,18,19,21)/t11-/m0/s1. The lowest BCUT2D eigenvalue weighted by Gasteiger charge is -2.22. The number of hydrogen-bond donors (Lipinski definition) is 3. The number of H-pyrrole nitrogens is 1. The van der Waals surface area contributed by atoms with Crippen molar-refractivity contribution in [2.24, 2.45) is 5.92 Å². The maximum Gasteiger partial charge on any atom is 0.247 e. The van der Waals surface area contributed by atoms with Gasteiger partial charge in [-0.1, -0.05) is 19.3 Å². The molecule has 0 aliphatic heterocycles. The van der Waals surface area contributed by atoms with Crippen molar-refractivity contribution in [3.8, 4) is 0 Å². The Bertz CT molecular complexity index is 492. The first kappa shape index (κ1) is 15.5. The van der Waals surface area contributed by atoms with Crippen LogP contribution in [0.15, 0.2) is 6.20 Å². The summed E-state index contributed by atoms with van der Waals surface area (Å²) in [6.07, 6.45) is 8.13. The van der Waals surface area contributed by atoms with E-state index >= 15 is 0 Å². The van der Waals surface area contributed by atoms with Crippen LogP contribution in [0.25, 0.3) is 0 Å². The number of hydrogen-bond acceptors (Lipinski definition) is 3. The minimum absolute atomic E-state index is 0.0362. The third-order valence-electron chi connectivity index (χ3n) is 4.05. The van der Waals surface area contributed by atoms with E-state index in [1.165, 1.54) is 19.3 Å². The topological polar surface area (TPSA) is 86.9 Å². The number of rotatable bonds is 5. The summed E-state index contributed by atoms with van der Waals surface area (Å²) in [5.74, 6) is 0.780. The number of amides is 2. The Balaban J connectivity index is 1.77. The van der Waals surface area contributed by atoms with Crippen LogP contribution in [0, 0.1) is 12.8 Å². The number of nitrogens with one attached hydrogen (secondary N) is 3. The summed E-state index contributed by atoms with van der Waals surface area (Å²) in [6, 6.07) is -0.552. The van der Waals surface area contributed by atoms with Crippen molar-refractivity contribution in [2.75, 3.05) is 5.32 Å². The molecular weight excluding hydrogens is 268 g/mol. The first-order valence-corrected chi connectivity index (χ1v) is 7.66. The molecule has 1 saturated carbocycles. The highest BCUT2D eigenvalue weighted by molar-refractivity contribution is 5.96. The van der Waals surface area contributed by atoms with Crippen LogP contribution < -0.4 is 10.6 Å². The zero-order chi connectivity index (χ0) is 15.2. The van der Waals surface area contributed by atoms with E-state index in [0.717, 1.165) is 18.4 Å². The molecule has 1 aliphatic rings. The molecule has 6 heteroatoms. The third kappa shape index (κ3) is 4.58. The van der Waals surface area contributed by atoms with Crippen LogP contribution in [0.2, 0.25) is 0 Å². The molecule has 0 unspecified atom stereocenters. The molecule has 21 heavy (non-hydrogen) atoms. The molecule has 2 rings (SSSR count). The molecule has 0 bridgehead atoms. The normalized spacial score (nSPS) is 17.2. The summed E-state index contributed by atoms with van der Waals surface area (Å²) in [7, 11) is 0. The van der Waals surface area contributed by atoms with E-state index in [1.54, 1.807) is 13.1 Å². The molecule has 0 aromatic carbocycles. The number of carbonyl (C=O) groups is 2. The van der Waals surface area contributed by atoms with E-state index in [0.29, 0.717) is 18.2 Å². The zero-order valence-electron chi connectivity index (χ0n) is 12.7. The van der Waals surface area contributed by atoms with Crippen molar-refractivity contribution < 1.29 is 9.59 Å². The number of aromatic nitrogens is 2. The predicted molar refractivity (Wildman–Crippen MR) is 80.8 cm³/mol. The fraction of sp³-hybridized carbons (Fsp3) is 0.667. The first-order chi connectivity index (χ1) is 10.1. The van der Waals surface area contributed by atoms with Crippen LogP contribution in [0.3, 0.4) is 0 Å². The molecule has 1 aliphatic carbocycles. The lowest BCUT2D eigenvalue weighted by atomic mass is 9.87. The van der Waals surface area contributed by atoms with Crippen molar-refractivity contribution in [1.82, 2.24) is 15.5 Å². The molecule has 1 heterocycles. The van der Waals surface area contributed by atoms with Gasteiger partial charge in [0.1, 0.15) is 11.9 Å². The van der Waals surface area contributed by atoms with Crippen molar-refractivity contribution in [3.63, 3.8) is 0 Å². The summed E-state index contributed by atoms with van der Waals surface area (Å²) in [5, 5.41) is 12.1. The van der Waals surface area contributed by atoms with Crippen LogP contribution in [0.4, 0.5) is 5.82 Å². The van der Waals surface area contributed by atoms with Crippen LogP contribution in [0.5, 0.6) is 0 Å². The molecule has 116 valence electrons. The van der Waals surface area contributed by atoms with Crippen molar-refractivity contribution in [1.29, 1.82) is 0 Å². The Labute approximate surface area is 125 Å². The van der Waals surface area contributed by atoms with Crippen molar-refractivity contribution in [2.45, 2.75) is 58.4 Å². The highest BCUT2D eigenvalue weighted by atomic mass is 16.2. The third-order valence-corrected chi connectivity index (χ3v) is 4.05. The number of carbonyl (C=O) groups excluding carboxylic acids is 2.